The molecule has 1 rings (SSSR count). The van der Waals surface area contributed by atoms with Gasteiger partial charge in [0.2, 0.25) is 10.0 Å². The summed E-state index contributed by atoms with van der Waals surface area (Å²) in [5, 5.41) is 7.51. The predicted octanol–water partition coefficient (Wildman–Crippen LogP) is 1.69. The first-order chi connectivity index (χ1) is 9.03. The van der Waals surface area contributed by atoms with E-state index in [4.69, 9.17) is 14.6 Å². The van der Waals surface area contributed by atoms with Crippen molar-refractivity contribution < 1.29 is 22.7 Å². The van der Waals surface area contributed by atoms with Crippen molar-refractivity contribution in [1.82, 2.24) is 0 Å². The standard InChI is InChI=1S/C12H18N2O5S/c1-12(2,3)19-11(15)14-8-5-6-9(18-4)10(7-8)20(13,16)17/h5-7H,1-4H3,(H,14,15)(H2,13,16,17). The SMILES string of the molecule is COc1ccc(NC(=O)OC(C)(C)C)cc1S(N)(=O)=O. The highest BCUT2D eigenvalue weighted by atomic mass is 32.2. The van der Waals surface area contributed by atoms with Gasteiger partial charge in [-0.3, -0.25) is 5.32 Å². The van der Waals surface area contributed by atoms with Gasteiger partial charge in [-0.25, -0.2) is 18.4 Å². The lowest BCUT2D eigenvalue weighted by Gasteiger charge is -2.20. The second kappa shape index (κ2) is 5.68. The third-order valence-corrected chi connectivity index (χ3v) is 3.05. The van der Waals surface area contributed by atoms with E-state index in [1.165, 1.54) is 25.3 Å². The van der Waals surface area contributed by atoms with Gasteiger partial charge in [-0.05, 0) is 39.0 Å². The van der Waals surface area contributed by atoms with Crippen LogP contribution < -0.4 is 15.2 Å². The molecule has 0 atom stereocenters. The van der Waals surface area contributed by atoms with Gasteiger partial charge in [0.05, 0.1) is 7.11 Å². The highest BCUT2D eigenvalue weighted by molar-refractivity contribution is 7.89. The van der Waals surface area contributed by atoms with Gasteiger partial charge in [-0.1, -0.05) is 0 Å². The number of methoxy groups -OCH3 is 1. The van der Waals surface area contributed by atoms with Crippen molar-refractivity contribution in [3.05, 3.63) is 18.2 Å². The van der Waals surface area contributed by atoms with Crippen molar-refractivity contribution in [2.75, 3.05) is 12.4 Å². The van der Waals surface area contributed by atoms with E-state index in [-0.39, 0.29) is 16.3 Å². The fourth-order valence-electron chi connectivity index (χ4n) is 1.40. The van der Waals surface area contributed by atoms with E-state index in [0.717, 1.165) is 0 Å². The first kappa shape index (κ1) is 16.3. The fourth-order valence-corrected chi connectivity index (χ4v) is 2.12. The number of carbonyl (C=O) groups excluding carboxylic acids is 1. The molecule has 0 fully saturated rings. The molecule has 1 aromatic carbocycles. The lowest BCUT2D eigenvalue weighted by Crippen LogP contribution is -2.27. The Balaban J connectivity index is 3.02. The van der Waals surface area contributed by atoms with Crippen LogP contribution in [0.3, 0.4) is 0 Å². The van der Waals surface area contributed by atoms with E-state index in [2.05, 4.69) is 5.32 Å². The normalized spacial score (nSPS) is 11.8. The number of hydrogen-bond donors (Lipinski definition) is 2. The topological polar surface area (TPSA) is 108 Å². The first-order valence-corrected chi connectivity index (χ1v) is 7.28. The molecule has 0 saturated heterocycles. The number of sulfonamides is 1. The number of amides is 1. The summed E-state index contributed by atoms with van der Waals surface area (Å²) in [4.78, 5) is 11.4. The minimum atomic E-state index is -3.96. The molecule has 0 aliphatic carbocycles. The summed E-state index contributed by atoms with van der Waals surface area (Å²) in [7, 11) is -2.63. The Bertz CT molecular complexity index is 605. The van der Waals surface area contributed by atoms with Crippen LogP contribution in [0.4, 0.5) is 10.5 Å². The van der Waals surface area contributed by atoms with Crippen LogP contribution in [-0.2, 0) is 14.8 Å². The van der Waals surface area contributed by atoms with Gasteiger partial charge in [0.25, 0.3) is 0 Å². The van der Waals surface area contributed by atoms with Crippen LogP contribution in [0, 0.1) is 0 Å². The average molecular weight is 302 g/mol. The van der Waals surface area contributed by atoms with Gasteiger partial charge >= 0.3 is 6.09 Å². The van der Waals surface area contributed by atoms with Gasteiger partial charge in [-0.2, -0.15) is 0 Å². The largest absolute Gasteiger partial charge is 0.495 e. The zero-order valence-corrected chi connectivity index (χ0v) is 12.6. The number of carbonyl (C=O) groups is 1. The molecule has 1 amide bonds. The lowest BCUT2D eigenvalue weighted by atomic mass is 10.2. The fraction of sp³-hybridized carbons (Fsp3) is 0.417. The monoisotopic (exact) mass is 302 g/mol. The quantitative estimate of drug-likeness (QED) is 0.883. The van der Waals surface area contributed by atoms with Crippen LogP contribution in [0.15, 0.2) is 23.1 Å². The highest BCUT2D eigenvalue weighted by Gasteiger charge is 2.19. The molecule has 0 bridgehead atoms. The molecule has 112 valence electrons. The molecule has 20 heavy (non-hydrogen) atoms. The lowest BCUT2D eigenvalue weighted by molar-refractivity contribution is 0.0636. The van der Waals surface area contributed by atoms with Crippen molar-refractivity contribution in [1.29, 1.82) is 0 Å². The summed E-state index contributed by atoms with van der Waals surface area (Å²) < 4.78 is 32.8. The summed E-state index contributed by atoms with van der Waals surface area (Å²) in [6.07, 6.45) is -0.692. The second-order valence-corrected chi connectivity index (χ2v) is 6.57. The Hall–Kier alpha value is -1.80. The number of nitrogens with one attached hydrogen (secondary N) is 1. The summed E-state index contributed by atoms with van der Waals surface area (Å²) >= 11 is 0. The number of nitrogens with two attached hydrogens (primary N) is 1. The minimum absolute atomic E-state index is 0.0993. The summed E-state index contributed by atoms with van der Waals surface area (Å²) in [5.41, 5.74) is -0.414. The molecule has 0 radical (unpaired) electrons. The van der Waals surface area contributed by atoms with Crippen LogP contribution in [0.2, 0.25) is 0 Å². The van der Waals surface area contributed by atoms with Crippen LogP contribution in [0.25, 0.3) is 0 Å². The van der Waals surface area contributed by atoms with Gasteiger partial charge in [0.15, 0.2) is 0 Å². The maximum absolute atomic E-state index is 11.6. The van der Waals surface area contributed by atoms with E-state index < -0.39 is 21.7 Å². The minimum Gasteiger partial charge on any atom is -0.495 e. The van der Waals surface area contributed by atoms with E-state index in [1.807, 2.05) is 0 Å². The van der Waals surface area contributed by atoms with Gasteiger partial charge < -0.3 is 9.47 Å². The van der Waals surface area contributed by atoms with E-state index >= 15 is 0 Å². The molecular weight excluding hydrogens is 284 g/mol. The molecule has 0 unspecified atom stereocenters. The highest BCUT2D eigenvalue weighted by Crippen LogP contribution is 2.26. The van der Waals surface area contributed by atoms with Crippen LogP contribution >= 0.6 is 0 Å². The molecule has 0 aliphatic heterocycles. The van der Waals surface area contributed by atoms with Crippen molar-refractivity contribution in [2.45, 2.75) is 31.3 Å². The Morgan fingerprint density at radius 2 is 1.90 bits per heavy atom. The van der Waals surface area contributed by atoms with Crippen LogP contribution in [0.1, 0.15) is 20.8 Å². The first-order valence-electron chi connectivity index (χ1n) is 5.74. The number of anilines is 1. The third-order valence-electron chi connectivity index (χ3n) is 2.12. The van der Waals surface area contributed by atoms with Crippen molar-refractivity contribution >= 4 is 21.8 Å². The van der Waals surface area contributed by atoms with Gasteiger partial charge in [0.1, 0.15) is 16.2 Å². The molecule has 0 aliphatic rings. The smallest absolute Gasteiger partial charge is 0.412 e. The van der Waals surface area contributed by atoms with E-state index in [9.17, 15) is 13.2 Å². The van der Waals surface area contributed by atoms with Gasteiger partial charge in [0, 0.05) is 5.69 Å². The van der Waals surface area contributed by atoms with Crippen molar-refractivity contribution in [2.24, 2.45) is 5.14 Å². The van der Waals surface area contributed by atoms with E-state index in [1.54, 1.807) is 20.8 Å². The maximum Gasteiger partial charge on any atom is 0.412 e. The average Bonchev–Trinajstić information content (AvgIpc) is 2.25. The zero-order chi connectivity index (χ0) is 15.6. The molecule has 0 aromatic heterocycles. The van der Waals surface area contributed by atoms with Crippen LogP contribution in [0.5, 0.6) is 5.75 Å². The van der Waals surface area contributed by atoms with Crippen LogP contribution in [-0.4, -0.2) is 27.2 Å². The molecular formula is C12H18N2O5S. The number of rotatable bonds is 3. The number of primary sulfonamides is 1. The Kier molecular flexibility index (Phi) is 4.61. The van der Waals surface area contributed by atoms with Gasteiger partial charge in [-0.15, -0.1) is 0 Å². The van der Waals surface area contributed by atoms with Crippen molar-refractivity contribution in [3.8, 4) is 5.75 Å². The third kappa shape index (κ3) is 4.71. The molecule has 1 aromatic rings. The summed E-state index contributed by atoms with van der Waals surface area (Å²) in [6, 6.07) is 4.09. The number of hydrogen-bond acceptors (Lipinski definition) is 5. The Morgan fingerprint density at radius 1 is 1.30 bits per heavy atom. The zero-order valence-electron chi connectivity index (χ0n) is 11.8. The van der Waals surface area contributed by atoms with E-state index in [0.29, 0.717) is 0 Å². The summed E-state index contributed by atoms with van der Waals surface area (Å²) in [5.74, 6) is 0.0993. The molecule has 7 nitrogen and oxygen atoms in total. The Morgan fingerprint density at radius 3 is 2.35 bits per heavy atom. The number of ether oxygens (including phenoxy) is 2. The second-order valence-electron chi connectivity index (χ2n) is 5.04. The molecule has 8 heteroatoms. The molecule has 0 heterocycles. The molecule has 0 spiro atoms. The Labute approximate surface area is 118 Å². The van der Waals surface area contributed by atoms with Crippen molar-refractivity contribution in [3.63, 3.8) is 0 Å². The maximum atomic E-state index is 11.6. The molecule has 0 saturated carbocycles. The summed E-state index contributed by atoms with van der Waals surface area (Å²) in [6.45, 7) is 5.16. The number of benzene rings is 1. The predicted molar refractivity (Wildman–Crippen MR) is 74.2 cm³/mol. The molecule has 3 N–H and O–H groups in total.